The maximum atomic E-state index is 5.26. The number of hydrogen-bond acceptors (Lipinski definition) is 2. The van der Waals surface area contributed by atoms with Crippen LogP contribution in [-0.2, 0) is 4.84 Å². The minimum Gasteiger partial charge on any atom is -0.299 e. The van der Waals surface area contributed by atoms with E-state index in [1.54, 1.807) is 0 Å². The molecule has 0 unspecified atom stereocenters. The van der Waals surface area contributed by atoms with E-state index in [4.69, 9.17) is 4.84 Å². The van der Waals surface area contributed by atoms with Crippen LogP contribution in [0.25, 0.3) is 0 Å². The lowest BCUT2D eigenvalue weighted by Crippen LogP contribution is -2.19. The van der Waals surface area contributed by atoms with Crippen molar-refractivity contribution in [3.8, 4) is 0 Å². The van der Waals surface area contributed by atoms with Crippen molar-refractivity contribution in [2.24, 2.45) is 0 Å². The summed E-state index contributed by atoms with van der Waals surface area (Å²) in [5.74, 6) is 0. The van der Waals surface area contributed by atoms with Gasteiger partial charge in [-0.2, -0.15) is 5.06 Å². The van der Waals surface area contributed by atoms with Gasteiger partial charge in [0.15, 0.2) is 0 Å². The number of nitrogens with zero attached hydrogens (tertiary/aromatic N) is 1. The van der Waals surface area contributed by atoms with E-state index in [9.17, 15) is 0 Å². The molecule has 16 heavy (non-hydrogen) atoms. The molecular formula is C14H35NO. The molecule has 0 aromatic carbocycles. The monoisotopic (exact) mass is 233 g/mol. The number of hydrogen-bond donors (Lipinski definition) is 0. The second kappa shape index (κ2) is 24.2. The first-order valence-electron chi connectivity index (χ1n) is 7.06. The molecule has 0 spiro atoms. The van der Waals surface area contributed by atoms with Gasteiger partial charge in [-0.15, -0.1) is 0 Å². The molecule has 0 amide bonds. The highest BCUT2D eigenvalue weighted by atomic mass is 16.7. The van der Waals surface area contributed by atoms with E-state index in [-0.39, 0.29) is 0 Å². The summed E-state index contributed by atoms with van der Waals surface area (Å²) >= 11 is 0. The average Bonchev–Trinajstić information content (AvgIpc) is 2.31. The summed E-state index contributed by atoms with van der Waals surface area (Å²) in [6.45, 7) is 14.6. The lowest BCUT2D eigenvalue weighted by Gasteiger charge is -2.13. The van der Waals surface area contributed by atoms with Gasteiger partial charge < -0.3 is 0 Å². The molecule has 0 saturated carbocycles. The van der Waals surface area contributed by atoms with Crippen LogP contribution in [0.4, 0.5) is 0 Å². The maximum absolute atomic E-state index is 5.26. The second-order valence-electron chi connectivity index (χ2n) is 3.54. The molecule has 0 aromatic rings. The van der Waals surface area contributed by atoms with Crippen molar-refractivity contribution in [2.75, 3.05) is 20.2 Å². The van der Waals surface area contributed by atoms with Crippen LogP contribution >= 0.6 is 0 Å². The fraction of sp³-hybridized carbons (Fsp3) is 1.00. The highest BCUT2D eigenvalue weighted by molar-refractivity contribution is 4.32. The third-order valence-corrected chi connectivity index (χ3v) is 1.76. The standard InChI is InChI=1S/C7H17NO.C5H12.C2H6/c1-4-6-8(3)9-7-5-2;1-3-5-4-2;1-2/h4-7H2,1-3H3;3-5H2,1-2H3;1-2H3. The van der Waals surface area contributed by atoms with Crippen LogP contribution in [0.2, 0.25) is 0 Å². The van der Waals surface area contributed by atoms with Gasteiger partial charge in [-0.1, -0.05) is 60.8 Å². The summed E-state index contributed by atoms with van der Waals surface area (Å²) in [7, 11) is 1.97. The predicted molar refractivity (Wildman–Crippen MR) is 75.7 cm³/mol. The Hall–Kier alpha value is -0.0800. The molecule has 2 heteroatoms. The lowest BCUT2D eigenvalue weighted by molar-refractivity contribution is -0.139. The van der Waals surface area contributed by atoms with Crippen LogP contribution in [0.1, 0.15) is 73.6 Å². The van der Waals surface area contributed by atoms with Crippen LogP contribution in [-0.4, -0.2) is 25.3 Å². The van der Waals surface area contributed by atoms with E-state index >= 15 is 0 Å². The molecule has 0 aliphatic heterocycles. The summed E-state index contributed by atoms with van der Waals surface area (Å²) < 4.78 is 0. The molecule has 102 valence electrons. The zero-order valence-corrected chi connectivity index (χ0v) is 12.8. The molecule has 0 N–H and O–H groups in total. The van der Waals surface area contributed by atoms with Crippen molar-refractivity contribution in [2.45, 2.75) is 73.6 Å². The van der Waals surface area contributed by atoms with Gasteiger partial charge in [0.25, 0.3) is 0 Å². The Labute approximate surface area is 104 Å². The minimum absolute atomic E-state index is 0.844. The molecule has 0 radical (unpaired) electrons. The average molecular weight is 233 g/mol. The molecule has 0 aliphatic carbocycles. The third-order valence-electron chi connectivity index (χ3n) is 1.76. The lowest BCUT2D eigenvalue weighted by atomic mass is 10.3. The zero-order valence-electron chi connectivity index (χ0n) is 12.8. The molecule has 0 aliphatic rings. The van der Waals surface area contributed by atoms with Crippen molar-refractivity contribution in [1.29, 1.82) is 0 Å². The van der Waals surface area contributed by atoms with E-state index in [1.165, 1.54) is 19.3 Å². The normalized spacial score (nSPS) is 9.00. The summed E-state index contributed by atoms with van der Waals surface area (Å²) in [5.41, 5.74) is 0. The van der Waals surface area contributed by atoms with E-state index in [1.807, 2.05) is 26.0 Å². The third kappa shape index (κ3) is 29.2. The molecule has 2 nitrogen and oxygen atoms in total. The van der Waals surface area contributed by atoms with Gasteiger partial charge in [-0.05, 0) is 12.8 Å². The molecule has 0 saturated heterocycles. The maximum Gasteiger partial charge on any atom is 0.0682 e. The van der Waals surface area contributed by atoms with Crippen LogP contribution in [0.3, 0.4) is 0 Å². The van der Waals surface area contributed by atoms with Crippen molar-refractivity contribution in [3.05, 3.63) is 0 Å². The van der Waals surface area contributed by atoms with Gasteiger partial charge in [-0.3, -0.25) is 4.84 Å². The molecule has 0 aromatic heterocycles. The highest BCUT2D eigenvalue weighted by Crippen LogP contribution is 1.89. The SMILES string of the molecule is CC.CCCCC.CCCON(C)CCC. The molecule has 0 atom stereocenters. The van der Waals surface area contributed by atoms with E-state index in [0.29, 0.717) is 0 Å². The number of hydroxylamine groups is 2. The predicted octanol–water partition coefficient (Wildman–Crippen LogP) is 4.89. The smallest absolute Gasteiger partial charge is 0.0682 e. The summed E-state index contributed by atoms with van der Waals surface area (Å²) in [6, 6.07) is 0. The van der Waals surface area contributed by atoms with Crippen molar-refractivity contribution in [3.63, 3.8) is 0 Å². The Morgan fingerprint density at radius 2 is 1.31 bits per heavy atom. The fourth-order valence-corrected chi connectivity index (χ4v) is 0.980. The van der Waals surface area contributed by atoms with Gasteiger partial charge in [0, 0.05) is 13.6 Å². The number of rotatable bonds is 7. The Bertz CT molecular complexity index is 84.8. The highest BCUT2D eigenvalue weighted by Gasteiger charge is 1.92. The summed E-state index contributed by atoms with van der Waals surface area (Å²) in [4.78, 5) is 5.26. The second-order valence-corrected chi connectivity index (χ2v) is 3.54. The van der Waals surface area contributed by atoms with E-state index in [0.717, 1.165) is 26.0 Å². The van der Waals surface area contributed by atoms with E-state index < -0.39 is 0 Å². The molecular weight excluding hydrogens is 198 g/mol. The van der Waals surface area contributed by atoms with Gasteiger partial charge in [0.05, 0.1) is 6.61 Å². The van der Waals surface area contributed by atoms with Crippen molar-refractivity contribution in [1.82, 2.24) is 5.06 Å². The Balaban J connectivity index is -0.000000205. The first-order chi connectivity index (χ1) is 7.72. The van der Waals surface area contributed by atoms with E-state index in [2.05, 4.69) is 27.7 Å². The molecule has 0 bridgehead atoms. The molecule has 0 heterocycles. The Morgan fingerprint density at radius 1 is 0.812 bits per heavy atom. The number of unbranched alkanes of at least 4 members (excludes halogenated alkanes) is 2. The summed E-state index contributed by atoms with van der Waals surface area (Å²) in [5, 5.41) is 1.89. The Morgan fingerprint density at radius 3 is 1.56 bits per heavy atom. The van der Waals surface area contributed by atoms with Crippen LogP contribution in [0.15, 0.2) is 0 Å². The Kier molecular flexibility index (Phi) is 32.2. The van der Waals surface area contributed by atoms with Crippen LogP contribution < -0.4 is 0 Å². The van der Waals surface area contributed by atoms with Gasteiger partial charge in [-0.25, -0.2) is 0 Å². The van der Waals surface area contributed by atoms with Crippen LogP contribution in [0, 0.1) is 0 Å². The fourth-order valence-electron chi connectivity index (χ4n) is 0.980. The molecule has 0 fully saturated rings. The van der Waals surface area contributed by atoms with Gasteiger partial charge >= 0.3 is 0 Å². The van der Waals surface area contributed by atoms with Gasteiger partial charge in [0.1, 0.15) is 0 Å². The minimum atomic E-state index is 0.844. The first kappa shape index (κ1) is 21.2. The molecule has 0 rings (SSSR count). The summed E-state index contributed by atoms with van der Waals surface area (Å²) in [6.07, 6.45) is 6.32. The van der Waals surface area contributed by atoms with Gasteiger partial charge in [0.2, 0.25) is 0 Å². The van der Waals surface area contributed by atoms with Crippen molar-refractivity contribution < 1.29 is 4.84 Å². The largest absolute Gasteiger partial charge is 0.299 e. The topological polar surface area (TPSA) is 12.5 Å². The van der Waals surface area contributed by atoms with Crippen molar-refractivity contribution >= 4 is 0 Å². The first-order valence-corrected chi connectivity index (χ1v) is 7.06. The van der Waals surface area contributed by atoms with Crippen LogP contribution in [0.5, 0.6) is 0 Å². The quantitative estimate of drug-likeness (QED) is 0.580. The zero-order chi connectivity index (χ0) is 13.2.